The van der Waals surface area contributed by atoms with E-state index in [2.05, 4.69) is 15.1 Å². The van der Waals surface area contributed by atoms with Gasteiger partial charge in [-0.1, -0.05) is 24.3 Å². The topological polar surface area (TPSA) is 83.5 Å². The van der Waals surface area contributed by atoms with Crippen LogP contribution in [0.1, 0.15) is 29.2 Å². The van der Waals surface area contributed by atoms with Crippen LogP contribution >= 0.6 is 0 Å². The minimum absolute atomic E-state index is 0.0705. The molecule has 0 bridgehead atoms. The van der Waals surface area contributed by atoms with Crippen molar-refractivity contribution in [1.29, 1.82) is 0 Å². The molecular weight excluding hydrogens is 494 g/mol. The monoisotopic (exact) mass is 533 g/mol. The van der Waals surface area contributed by atoms with Gasteiger partial charge in [-0.3, -0.25) is 9.69 Å². The van der Waals surface area contributed by atoms with Crippen LogP contribution in [0.3, 0.4) is 0 Å². The van der Waals surface area contributed by atoms with Gasteiger partial charge in [0.1, 0.15) is 5.75 Å². The number of phenolic OH excluding ortho intramolecular Hbond substituents is 1. The molecule has 0 aliphatic heterocycles. The SMILES string of the molecule is COc1cc2c(c(OC)c1OC)-c1ccc(NCCN(C)C)c(=O)cc1C(N(C)Cc1ccccc1O)CC2. The van der Waals surface area contributed by atoms with Crippen molar-refractivity contribution < 1.29 is 19.3 Å². The third-order valence-corrected chi connectivity index (χ3v) is 7.32. The van der Waals surface area contributed by atoms with Gasteiger partial charge in [-0.25, -0.2) is 0 Å². The highest BCUT2D eigenvalue weighted by Crippen LogP contribution is 2.51. The van der Waals surface area contributed by atoms with E-state index >= 15 is 0 Å². The Hall–Kier alpha value is -3.75. The summed E-state index contributed by atoms with van der Waals surface area (Å²) in [5.41, 5.74) is 5.09. The first-order chi connectivity index (χ1) is 18.8. The van der Waals surface area contributed by atoms with Crippen LogP contribution in [0.25, 0.3) is 11.1 Å². The van der Waals surface area contributed by atoms with Gasteiger partial charge in [-0.2, -0.15) is 0 Å². The lowest BCUT2D eigenvalue weighted by atomic mass is 9.95. The first-order valence-corrected chi connectivity index (χ1v) is 13.1. The fourth-order valence-corrected chi connectivity index (χ4v) is 5.33. The van der Waals surface area contributed by atoms with Crippen LogP contribution in [0, 0.1) is 0 Å². The second kappa shape index (κ2) is 12.4. The van der Waals surface area contributed by atoms with Crippen LogP contribution in [0.5, 0.6) is 23.0 Å². The summed E-state index contributed by atoms with van der Waals surface area (Å²) < 4.78 is 17.3. The average molecular weight is 534 g/mol. The molecule has 0 saturated carbocycles. The minimum atomic E-state index is -0.0940. The highest BCUT2D eigenvalue weighted by Gasteiger charge is 2.31. The number of likely N-dealkylation sites (N-methyl/N-ethyl adjacent to an activating group) is 1. The fraction of sp³-hybridized carbons (Fsp3) is 0.387. The molecule has 0 heterocycles. The Bertz CT molecular complexity index is 1380. The second-order valence-electron chi connectivity index (χ2n) is 10.1. The summed E-state index contributed by atoms with van der Waals surface area (Å²) in [5.74, 6) is 1.96. The van der Waals surface area contributed by atoms with Crippen LogP contribution in [-0.2, 0) is 13.0 Å². The van der Waals surface area contributed by atoms with Crippen molar-refractivity contribution >= 4 is 5.69 Å². The lowest BCUT2D eigenvalue weighted by Gasteiger charge is -2.28. The predicted molar refractivity (Wildman–Crippen MR) is 155 cm³/mol. The smallest absolute Gasteiger partial charge is 0.203 e. The molecule has 1 atom stereocenters. The molecule has 1 unspecified atom stereocenters. The lowest BCUT2D eigenvalue weighted by molar-refractivity contribution is 0.223. The molecule has 0 saturated heterocycles. The Morgan fingerprint density at radius 3 is 2.38 bits per heavy atom. The number of hydrogen-bond acceptors (Lipinski definition) is 8. The van der Waals surface area contributed by atoms with E-state index in [0.29, 0.717) is 36.0 Å². The number of ether oxygens (including phenoxy) is 3. The minimum Gasteiger partial charge on any atom is -0.508 e. The Labute approximate surface area is 230 Å². The zero-order valence-electron chi connectivity index (χ0n) is 23.7. The molecule has 4 rings (SSSR count). The first kappa shape index (κ1) is 28.3. The highest BCUT2D eigenvalue weighted by molar-refractivity contribution is 5.83. The van der Waals surface area contributed by atoms with Crippen molar-refractivity contribution in [3.8, 4) is 34.1 Å². The van der Waals surface area contributed by atoms with Crippen LogP contribution in [-0.4, -0.2) is 70.5 Å². The summed E-state index contributed by atoms with van der Waals surface area (Å²) in [6, 6.07) is 14.9. The number of anilines is 1. The van der Waals surface area contributed by atoms with Crippen LogP contribution in [0.2, 0.25) is 0 Å². The molecule has 208 valence electrons. The van der Waals surface area contributed by atoms with E-state index in [4.69, 9.17) is 14.2 Å². The van der Waals surface area contributed by atoms with E-state index in [-0.39, 0.29) is 17.2 Å². The number of phenols is 1. The molecule has 0 amide bonds. The third-order valence-electron chi connectivity index (χ3n) is 7.32. The first-order valence-electron chi connectivity index (χ1n) is 13.1. The molecule has 0 radical (unpaired) electrons. The molecule has 0 fully saturated rings. The normalized spacial score (nSPS) is 14.4. The van der Waals surface area contributed by atoms with Gasteiger partial charge in [0.15, 0.2) is 11.5 Å². The van der Waals surface area contributed by atoms with Gasteiger partial charge in [-0.05, 0) is 74.9 Å². The Balaban J connectivity index is 1.91. The lowest BCUT2D eigenvalue weighted by Crippen LogP contribution is -2.25. The summed E-state index contributed by atoms with van der Waals surface area (Å²) in [5, 5.41) is 13.8. The van der Waals surface area contributed by atoms with Crippen molar-refractivity contribution in [2.24, 2.45) is 0 Å². The van der Waals surface area contributed by atoms with E-state index in [1.165, 1.54) is 0 Å². The molecule has 0 aromatic heterocycles. The molecule has 3 aromatic rings. The van der Waals surface area contributed by atoms with Gasteiger partial charge in [0.2, 0.25) is 11.2 Å². The van der Waals surface area contributed by atoms with Crippen molar-refractivity contribution in [3.63, 3.8) is 0 Å². The van der Waals surface area contributed by atoms with Crippen LogP contribution in [0.4, 0.5) is 5.69 Å². The summed E-state index contributed by atoms with van der Waals surface area (Å²) >= 11 is 0. The van der Waals surface area contributed by atoms with Gasteiger partial charge < -0.3 is 29.5 Å². The van der Waals surface area contributed by atoms with E-state index < -0.39 is 0 Å². The standard InChI is InChI=1S/C31H39N3O5/c1-33(2)16-15-32-24-13-12-22-23(18-27(24)36)25(34(3)19-21-9-7-8-10-26(21)35)14-11-20-17-28(37-4)30(38-5)31(39-6)29(20)22/h7-10,12-13,17-18,25,35H,11,14-16,19H2,1-6H3,(H,32,36). The Morgan fingerprint density at radius 2 is 1.72 bits per heavy atom. The summed E-state index contributed by atoms with van der Waals surface area (Å²) in [4.78, 5) is 17.8. The third kappa shape index (κ3) is 5.97. The number of methoxy groups -OCH3 is 3. The second-order valence-corrected chi connectivity index (χ2v) is 10.1. The highest BCUT2D eigenvalue weighted by atomic mass is 16.5. The average Bonchev–Trinajstić information content (AvgIpc) is 3.16. The van der Waals surface area contributed by atoms with Crippen molar-refractivity contribution in [1.82, 2.24) is 9.80 Å². The largest absolute Gasteiger partial charge is 0.508 e. The zero-order chi connectivity index (χ0) is 28.1. The molecule has 3 aromatic carbocycles. The van der Waals surface area contributed by atoms with Crippen molar-refractivity contribution in [2.45, 2.75) is 25.4 Å². The quantitative estimate of drug-likeness (QED) is 0.393. The zero-order valence-corrected chi connectivity index (χ0v) is 23.7. The van der Waals surface area contributed by atoms with E-state index in [0.717, 1.165) is 47.2 Å². The number of para-hydroxylation sites is 1. The van der Waals surface area contributed by atoms with E-state index in [9.17, 15) is 9.90 Å². The maximum Gasteiger partial charge on any atom is 0.203 e. The van der Waals surface area contributed by atoms with Crippen molar-refractivity contribution in [2.75, 3.05) is 60.9 Å². The summed E-state index contributed by atoms with van der Waals surface area (Å²) in [7, 11) is 10.9. The van der Waals surface area contributed by atoms with Gasteiger partial charge in [-0.15, -0.1) is 0 Å². The van der Waals surface area contributed by atoms with Gasteiger partial charge in [0.05, 0.1) is 27.0 Å². The number of fused-ring (bicyclic) bond motifs is 3. The number of benzene rings is 2. The Morgan fingerprint density at radius 1 is 0.974 bits per heavy atom. The van der Waals surface area contributed by atoms with Crippen LogP contribution in [0.15, 0.2) is 53.3 Å². The number of hydrogen-bond donors (Lipinski definition) is 2. The summed E-state index contributed by atoms with van der Waals surface area (Å²) in [6.45, 7) is 1.98. The number of aryl methyl sites for hydroxylation is 1. The number of nitrogens with zero attached hydrogens (tertiary/aromatic N) is 2. The maximum absolute atomic E-state index is 13.5. The van der Waals surface area contributed by atoms with Gasteiger partial charge in [0, 0.05) is 36.8 Å². The van der Waals surface area contributed by atoms with Gasteiger partial charge in [0.25, 0.3) is 0 Å². The summed E-state index contributed by atoms with van der Waals surface area (Å²) in [6.07, 6.45) is 1.50. The molecule has 2 N–H and O–H groups in total. The molecular formula is C31H39N3O5. The Kier molecular flexibility index (Phi) is 8.99. The van der Waals surface area contributed by atoms with Crippen molar-refractivity contribution in [3.05, 3.63) is 75.4 Å². The van der Waals surface area contributed by atoms with Crippen LogP contribution < -0.4 is 25.0 Å². The molecule has 1 aliphatic carbocycles. The van der Waals surface area contributed by atoms with E-state index in [1.807, 2.05) is 57.5 Å². The number of aromatic hydroxyl groups is 1. The molecule has 39 heavy (non-hydrogen) atoms. The molecule has 8 nitrogen and oxygen atoms in total. The fourth-order valence-electron chi connectivity index (χ4n) is 5.33. The maximum atomic E-state index is 13.5. The number of rotatable bonds is 10. The molecule has 1 aliphatic rings. The molecule has 8 heteroatoms. The molecule has 0 spiro atoms. The van der Waals surface area contributed by atoms with E-state index in [1.54, 1.807) is 33.5 Å². The predicted octanol–water partition coefficient (Wildman–Crippen LogP) is 4.54. The number of nitrogens with one attached hydrogen (secondary N) is 1. The van der Waals surface area contributed by atoms with Gasteiger partial charge >= 0.3 is 0 Å².